The van der Waals surface area contributed by atoms with Gasteiger partial charge in [-0.15, -0.1) is 11.3 Å². The summed E-state index contributed by atoms with van der Waals surface area (Å²) in [5.74, 6) is 0.902. The second-order valence-electron chi connectivity index (χ2n) is 6.22. The molecule has 29 heavy (non-hydrogen) atoms. The number of thioether (sulfide) groups is 1. The molecule has 0 radical (unpaired) electrons. The van der Waals surface area contributed by atoms with Crippen LogP contribution in [0.25, 0.3) is 11.3 Å². The molecule has 2 aromatic carbocycles. The number of hydrazone groups is 1. The Bertz CT molecular complexity index is 942. The number of ether oxygens (including phenoxy) is 1. The smallest absolute Gasteiger partial charge is 0.250 e. The van der Waals surface area contributed by atoms with E-state index in [1.165, 1.54) is 23.1 Å². The number of carbonyl (C=O) groups excluding carboxylic acids is 1. The maximum atomic E-state index is 12.0. The van der Waals surface area contributed by atoms with Gasteiger partial charge in [-0.2, -0.15) is 5.10 Å². The number of unbranched alkanes of at least 4 members (excludes halogenated alkanes) is 1. The van der Waals surface area contributed by atoms with E-state index in [1.54, 1.807) is 6.21 Å². The molecule has 1 amide bonds. The molecule has 3 rings (SSSR count). The number of nitrogens with one attached hydrogen (secondary N) is 1. The highest BCUT2D eigenvalue weighted by Crippen LogP contribution is 2.27. The number of amides is 1. The largest absolute Gasteiger partial charge is 0.494 e. The monoisotopic (exact) mass is 425 g/mol. The zero-order valence-electron chi connectivity index (χ0n) is 16.2. The standard InChI is InChI=1S/C22H23N3O2S2/c1-2-3-12-27-19-11-7-8-17(13-19)14-23-25-21(26)16-29-22-24-20(15-28-22)18-9-5-4-6-10-18/h4-11,13-15H,2-3,12,16H2,1H3,(H,25,26)/b23-14+. The normalized spacial score (nSPS) is 10.9. The van der Waals surface area contributed by atoms with Crippen molar-refractivity contribution in [3.8, 4) is 17.0 Å². The first-order valence-corrected chi connectivity index (χ1v) is 11.3. The van der Waals surface area contributed by atoms with E-state index in [0.29, 0.717) is 6.61 Å². The van der Waals surface area contributed by atoms with E-state index in [1.807, 2.05) is 60.0 Å². The van der Waals surface area contributed by atoms with E-state index in [2.05, 4.69) is 22.4 Å². The number of hydrogen-bond acceptors (Lipinski definition) is 6. The van der Waals surface area contributed by atoms with Gasteiger partial charge in [0.2, 0.25) is 0 Å². The summed E-state index contributed by atoms with van der Waals surface area (Å²) < 4.78 is 6.54. The number of hydrogen-bond donors (Lipinski definition) is 1. The van der Waals surface area contributed by atoms with Crippen molar-refractivity contribution >= 4 is 35.2 Å². The molecule has 0 unspecified atom stereocenters. The number of aromatic nitrogens is 1. The first kappa shape index (κ1) is 21.1. The minimum atomic E-state index is -0.168. The molecule has 0 saturated heterocycles. The molecule has 0 aliphatic carbocycles. The van der Waals surface area contributed by atoms with Crippen molar-refractivity contribution in [3.63, 3.8) is 0 Å². The molecule has 0 bridgehead atoms. The van der Waals surface area contributed by atoms with Gasteiger partial charge in [-0.25, -0.2) is 10.4 Å². The fourth-order valence-electron chi connectivity index (χ4n) is 2.42. The Morgan fingerprint density at radius 3 is 2.93 bits per heavy atom. The third kappa shape index (κ3) is 7.03. The first-order valence-electron chi connectivity index (χ1n) is 9.43. The van der Waals surface area contributed by atoms with Crippen LogP contribution in [0.1, 0.15) is 25.3 Å². The van der Waals surface area contributed by atoms with Crippen molar-refractivity contribution in [1.29, 1.82) is 0 Å². The Labute approximate surface area is 179 Å². The summed E-state index contributed by atoms with van der Waals surface area (Å²) in [4.78, 5) is 16.6. The number of rotatable bonds is 10. The van der Waals surface area contributed by atoms with E-state index in [4.69, 9.17) is 4.74 Å². The second kappa shape index (κ2) is 11.4. The molecule has 150 valence electrons. The Balaban J connectivity index is 1.44. The summed E-state index contributed by atoms with van der Waals surface area (Å²) in [6, 6.07) is 17.6. The third-order valence-corrected chi connectivity index (χ3v) is 5.93. The van der Waals surface area contributed by atoms with Crippen LogP contribution in [0.3, 0.4) is 0 Å². The summed E-state index contributed by atoms with van der Waals surface area (Å²) in [7, 11) is 0. The average Bonchev–Trinajstić information content (AvgIpc) is 3.23. The van der Waals surface area contributed by atoms with Gasteiger partial charge in [-0.05, 0) is 24.1 Å². The minimum absolute atomic E-state index is 0.168. The van der Waals surface area contributed by atoms with Crippen molar-refractivity contribution in [2.75, 3.05) is 12.4 Å². The predicted octanol–water partition coefficient (Wildman–Crippen LogP) is 5.23. The SMILES string of the molecule is CCCCOc1cccc(/C=N/NC(=O)CSc2nc(-c3ccccc3)cs2)c1. The van der Waals surface area contributed by atoms with E-state index >= 15 is 0 Å². The van der Waals surface area contributed by atoms with E-state index < -0.39 is 0 Å². The molecule has 0 fully saturated rings. The van der Waals surface area contributed by atoms with E-state index in [-0.39, 0.29) is 11.7 Å². The van der Waals surface area contributed by atoms with Gasteiger partial charge in [0.1, 0.15) is 5.75 Å². The lowest BCUT2D eigenvalue weighted by Gasteiger charge is -2.05. The topological polar surface area (TPSA) is 63.6 Å². The number of nitrogens with zero attached hydrogens (tertiary/aromatic N) is 2. The van der Waals surface area contributed by atoms with Gasteiger partial charge < -0.3 is 4.74 Å². The van der Waals surface area contributed by atoms with Crippen LogP contribution in [0.4, 0.5) is 0 Å². The summed E-state index contributed by atoms with van der Waals surface area (Å²) >= 11 is 2.94. The van der Waals surface area contributed by atoms with Crippen molar-refractivity contribution in [1.82, 2.24) is 10.4 Å². The quantitative estimate of drug-likeness (QED) is 0.209. The molecule has 1 heterocycles. The molecule has 0 saturated carbocycles. The predicted molar refractivity (Wildman–Crippen MR) is 121 cm³/mol. The molecule has 1 aromatic heterocycles. The lowest BCUT2D eigenvalue weighted by molar-refractivity contribution is -0.118. The highest BCUT2D eigenvalue weighted by molar-refractivity contribution is 8.01. The van der Waals surface area contributed by atoms with Gasteiger partial charge in [0, 0.05) is 10.9 Å². The number of thiazole rings is 1. The van der Waals surface area contributed by atoms with Crippen molar-refractivity contribution in [3.05, 3.63) is 65.5 Å². The van der Waals surface area contributed by atoms with Gasteiger partial charge >= 0.3 is 0 Å². The van der Waals surface area contributed by atoms with Crippen LogP contribution in [-0.2, 0) is 4.79 Å². The molecule has 1 N–H and O–H groups in total. The molecule has 0 aliphatic rings. The summed E-state index contributed by atoms with van der Waals surface area (Å²) in [5, 5.41) is 6.04. The van der Waals surface area contributed by atoms with Gasteiger partial charge in [0.25, 0.3) is 5.91 Å². The van der Waals surface area contributed by atoms with E-state index in [9.17, 15) is 4.79 Å². The zero-order valence-corrected chi connectivity index (χ0v) is 17.8. The minimum Gasteiger partial charge on any atom is -0.494 e. The Hall–Kier alpha value is -2.64. The molecule has 0 aliphatic heterocycles. The fourth-order valence-corrected chi connectivity index (χ4v) is 4.05. The second-order valence-corrected chi connectivity index (χ2v) is 8.30. The zero-order chi connectivity index (χ0) is 20.3. The van der Waals surface area contributed by atoms with Crippen molar-refractivity contribution in [2.24, 2.45) is 5.10 Å². The third-order valence-electron chi connectivity index (χ3n) is 3.91. The highest BCUT2D eigenvalue weighted by Gasteiger charge is 2.07. The maximum Gasteiger partial charge on any atom is 0.250 e. The van der Waals surface area contributed by atoms with E-state index in [0.717, 1.165) is 39.8 Å². The van der Waals surface area contributed by atoms with Gasteiger partial charge in [0.15, 0.2) is 4.34 Å². The van der Waals surface area contributed by atoms with Gasteiger partial charge in [-0.3, -0.25) is 4.79 Å². The summed E-state index contributed by atoms with van der Waals surface area (Å²) in [6.07, 6.45) is 3.74. The molecule has 3 aromatic rings. The maximum absolute atomic E-state index is 12.0. The molecule has 0 spiro atoms. The number of carbonyl (C=O) groups is 1. The molecule has 7 heteroatoms. The van der Waals surface area contributed by atoms with Crippen LogP contribution >= 0.6 is 23.1 Å². The van der Waals surface area contributed by atoms with Crippen LogP contribution in [0.5, 0.6) is 5.75 Å². The molecular weight excluding hydrogens is 402 g/mol. The van der Waals surface area contributed by atoms with Gasteiger partial charge in [0.05, 0.1) is 24.3 Å². The molecule has 0 atom stereocenters. The van der Waals surface area contributed by atoms with Crippen LogP contribution in [-0.4, -0.2) is 29.5 Å². The van der Waals surface area contributed by atoms with Crippen LogP contribution in [0.2, 0.25) is 0 Å². The lowest BCUT2D eigenvalue weighted by Crippen LogP contribution is -2.19. The average molecular weight is 426 g/mol. The van der Waals surface area contributed by atoms with Crippen LogP contribution < -0.4 is 10.2 Å². The Morgan fingerprint density at radius 2 is 2.10 bits per heavy atom. The van der Waals surface area contributed by atoms with Crippen molar-refractivity contribution in [2.45, 2.75) is 24.1 Å². The molecule has 5 nitrogen and oxygen atoms in total. The Morgan fingerprint density at radius 1 is 1.24 bits per heavy atom. The van der Waals surface area contributed by atoms with Crippen molar-refractivity contribution < 1.29 is 9.53 Å². The lowest BCUT2D eigenvalue weighted by atomic mass is 10.2. The summed E-state index contributed by atoms with van der Waals surface area (Å²) in [5.41, 5.74) is 5.43. The van der Waals surface area contributed by atoms with Gasteiger partial charge in [-0.1, -0.05) is 67.6 Å². The number of benzene rings is 2. The van der Waals surface area contributed by atoms with Crippen LogP contribution in [0, 0.1) is 0 Å². The first-order chi connectivity index (χ1) is 14.2. The Kier molecular flexibility index (Phi) is 8.27. The summed E-state index contributed by atoms with van der Waals surface area (Å²) in [6.45, 7) is 2.83. The fraction of sp³-hybridized carbons (Fsp3) is 0.227. The molecular formula is C22H23N3O2S2. The highest BCUT2D eigenvalue weighted by atomic mass is 32.2. The van der Waals surface area contributed by atoms with Crippen LogP contribution in [0.15, 0.2) is 69.4 Å².